The zero-order valence-corrected chi connectivity index (χ0v) is 14.4. The second kappa shape index (κ2) is 6.65. The van der Waals surface area contributed by atoms with Crippen molar-refractivity contribution in [1.29, 1.82) is 0 Å². The Bertz CT molecular complexity index is 466. The van der Waals surface area contributed by atoms with Gasteiger partial charge in [-0.15, -0.1) is 0 Å². The average Bonchev–Trinajstić information content (AvgIpc) is 2.83. The van der Waals surface area contributed by atoms with Crippen LogP contribution < -0.4 is 5.32 Å². The van der Waals surface area contributed by atoms with Gasteiger partial charge in [-0.05, 0) is 34.7 Å². The molecule has 0 spiro atoms. The number of hydrogen-bond acceptors (Lipinski definition) is 4. The molecule has 0 bridgehead atoms. The van der Waals surface area contributed by atoms with Gasteiger partial charge in [0, 0.05) is 24.7 Å². The molecule has 0 saturated carbocycles. The summed E-state index contributed by atoms with van der Waals surface area (Å²) in [7, 11) is 1.99. The van der Waals surface area contributed by atoms with Crippen LogP contribution in [0.15, 0.2) is 6.20 Å². The molecule has 6 heteroatoms. The minimum absolute atomic E-state index is 0.0746. The molecular weight excluding hydrogens is 288 g/mol. The molecule has 1 aliphatic rings. The Morgan fingerprint density at radius 2 is 1.95 bits per heavy atom. The Morgan fingerprint density at radius 1 is 1.33 bits per heavy atom. The topological polar surface area (TPSA) is 42.3 Å². The lowest BCUT2D eigenvalue weighted by atomic mass is 9.89. The maximum atomic E-state index is 6.44. The van der Waals surface area contributed by atoms with Crippen LogP contribution in [-0.2, 0) is 4.74 Å². The van der Waals surface area contributed by atoms with Crippen LogP contribution in [0, 0.1) is 0 Å². The summed E-state index contributed by atoms with van der Waals surface area (Å²) in [6.07, 6.45) is 1.75. The van der Waals surface area contributed by atoms with Gasteiger partial charge in [-0.25, -0.2) is 0 Å². The first kappa shape index (κ1) is 16.7. The lowest BCUT2D eigenvalue weighted by molar-refractivity contribution is -0.0240. The predicted octanol–water partition coefficient (Wildman–Crippen LogP) is 2.49. The van der Waals surface area contributed by atoms with Crippen molar-refractivity contribution in [2.24, 2.45) is 0 Å². The lowest BCUT2D eigenvalue weighted by Gasteiger charge is -2.46. The van der Waals surface area contributed by atoms with Gasteiger partial charge < -0.3 is 10.1 Å². The molecule has 1 saturated heterocycles. The Morgan fingerprint density at radius 3 is 2.48 bits per heavy atom. The van der Waals surface area contributed by atoms with Crippen molar-refractivity contribution in [2.75, 3.05) is 33.4 Å². The van der Waals surface area contributed by atoms with Gasteiger partial charge in [0.1, 0.15) is 0 Å². The van der Waals surface area contributed by atoms with Crippen molar-refractivity contribution in [3.05, 3.63) is 16.9 Å². The van der Waals surface area contributed by atoms with Gasteiger partial charge in [-0.2, -0.15) is 5.10 Å². The summed E-state index contributed by atoms with van der Waals surface area (Å²) < 4.78 is 7.50. The Kier molecular flexibility index (Phi) is 5.30. The minimum atomic E-state index is -0.0746. The van der Waals surface area contributed by atoms with Crippen molar-refractivity contribution in [1.82, 2.24) is 20.0 Å². The van der Waals surface area contributed by atoms with Crippen LogP contribution >= 0.6 is 11.6 Å². The SMILES string of the molecule is CNC(c1c(Cl)cnn1C(C)C)C(C)(C)N1CCOCC1. The van der Waals surface area contributed by atoms with Gasteiger partial charge in [0.05, 0.1) is 36.2 Å². The highest BCUT2D eigenvalue weighted by Crippen LogP contribution is 2.36. The molecule has 0 radical (unpaired) electrons. The number of likely N-dealkylation sites (N-methyl/N-ethyl adjacent to an activating group) is 1. The van der Waals surface area contributed by atoms with E-state index in [2.05, 4.69) is 43.0 Å². The molecule has 1 N–H and O–H groups in total. The van der Waals surface area contributed by atoms with Crippen LogP contribution in [0.1, 0.15) is 45.5 Å². The fraction of sp³-hybridized carbons (Fsp3) is 0.800. The fourth-order valence-corrected chi connectivity index (χ4v) is 3.42. The Labute approximate surface area is 132 Å². The van der Waals surface area contributed by atoms with Gasteiger partial charge >= 0.3 is 0 Å². The summed E-state index contributed by atoms with van der Waals surface area (Å²) in [4.78, 5) is 2.46. The Hall–Kier alpha value is -0.620. The molecule has 2 rings (SSSR count). The van der Waals surface area contributed by atoms with Crippen LogP contribution in [0.5, 0.6) is 0 Å². The van der Waals surface area contributed by atoms with Crippen molar-refractivity contribution >= 4 is 11.6 Å². The van der Waals surface area contributed by atoms with E-state index in [4.69, 9.17) is 16.3 Å². The summed E-state index contributed by atoms with van der Waals surface area (Å²) in [5.41, 5.74) is 0.986. The highest BCUT2D eigenvalue weighted by molar-refractivity contribution is 6.31. The number of morpholine rings is 1. The van der Waals surface area contributed by atoms with Crippen molar-refractivity contribution in [2.45, 2.75) is 45.3 Å². The van der Waals surface area contributed by atoms with E-state index in [-0.39, 0.29) is 17.6 Å². The van der Waals surface area contributed by atoms with Crippen LogP contribution in [0.2, 0.25) is 5.02 Å². The third kappa shape index (κ3) is 3.26. The largest absolute Gasteiger partial charge is 0.379 e. The molecule has 2 heterocycles. The molecule has 120 valence electrons. The summed E-state index contributed by atoms with van der Waals surface area (Å²) >= 11 is 6.44. The highest BCUT2D eigenvalue weighted by Gasteiger charge is 2.39. The standard InChI is InChI=1S/C15H27ClN4O/c1-11(2)20-13(12(16)10-18-20)14(17-5)15(3,4)19-6-8-21-9-7-19/h10-11,14,17H,6-9H2,1-5H3. The van der Waals surface area contributed by atoms with Gasteiger partial charge in [0.2, 0.25) is 0 Å². The molecule has 1 unspecified atom stereocenters. The van der Waals surface area contributed by atoms with E-state index in [1.54, 1.807) is 6.20 Å². The van der Waals surface area contributed by atoms with Crippen molar-refractivity contribution < 1.29 is 4.74 Å². The van der Waals surface area contributed by atoms with E-state index in [9.17, 15) is 0 Å². The number of ether oxygens (including phenoxy) is 1. The number of hydrogen-bond donors (Lipinski definition) is 1. The van der Waals surface area contributed by atoms with E-state index in [1.165, 1.54) is 0 Å². The summed E-state index contributed by atoms with van der Waals surface area (Å²) in [6.45, 7) is 12.2. The first-order valence-electron chi connectivity index (χ1n) is 7.62. The third-order valence-corrected chi connectivity index (χ3v) is 4.66. The second-order valence-corrected chi connectivity index (χ2v) is 6.80. The molecule has 1 aliphatic heterocycles. The third-order valence-electron chi connectivity index (χ3n) is 4.37. The van der Waals surface area contributed by atoms with Crippen molar-refractivity contribution in [3.8, 4) is 0 Å². The monoisotopic (exact) mass is 314 g/mol. The number of aromatic nitrogens is 2. The van der Waals surface area contributed by atoms with E-state index in [1.807, 2.05) is 11.7 Å². The number of nitrogens with one attached hydrogen (secondary N) is 1. The van der Waals surface area contributed by atoms with Crippen LogP contribution in [0.3, 0.4) is 0 Å². The quantitative estimate of drug-likeness (QED) is 0.906. The normalized spacial score (nSPS) is 19.2. The van der Waals surface area contributed by atoms with Crippen molar-refractivity contribution in [3.63, 3.8) is 0 Å². The van der Waals surface area contributed by atoms with E-state index >= 15 is 0 Å². The molecule has 1 aromatic heterocycles. The predicted molar refractivity (Wildman–Crippen MR) is 85.9 cm³/mol. The lowest BCUT2D eigenvalue weighted by Crippen LogP contribution is -2.56. The minimum Gasteiger partial charge on any atom is -0.379 e. The van der Waals surface area contributed by atoms with Crippen LogP contribution in [0.25, 0.3) is 0 Å². The molecule has 0 aliphatic carbocycles. The zero-order valence-electron chi connectivity index (χ0n) is 13.7. The molecule has 21 heavy (non-hydrogen) atoms. The molecule has 1 aromatic rings. The fourth-order valence-electron chi connectivity index (χ4n) is 3.18. The average molecular weight is 315 g/mol. The van der Waals surface area contributed by atoms with Gasteiger partial charge in [0.15, 0.2) is 0 Å². The summed E-state index contributed by atoms with van der Waals surface area (Å²) in [6, 6.07) is 0.386. The first-order valence-corrected chi connectivity index (χ1v) is 8.00. The maximum Gasteiger partial charge on any atom is 0.0835 e. The molecular formula is C15H27ClN4O. The van der Waals surface area contributed by atoms with E-state index in [0.717, 1.165) is 37.0 Å². The second-order valence-electron chi connectivity index (χ2n) is 6.39. The van der Waals surface area contributed by atoms with Gasteiger partial charge in [-0.1, -0.05) is 11.6 Å². The van der Waals surface area contributed by atoms with E-state index in [0.29, 0.717) is 0 Å². The number of halogens is 1. The van der Waals surface area contributed by atoms with Gasteiger partial charge in [-0.3, -0.25) is 9.58 Å². The van der Waals surface area contributed by atoms with Gasteiger partial charge in [0.25, 0.3) is 0 Å². The molecule has 1 fully saturated rings. The Balaban J connectivity index is 2.36. The molecule has 0 amide bonds. The highest BCUT2D eigenvalue weighted by atomic mass is 35.5. The smallest absolute Gasteiger partial charge is 0.0835 e. The zero-order chi connectivity index (χ0) is 15.6. The summed E-state index contributed by atoms with van der Waals surface area (Å²) in [5.74, 6) is 0. The van der Waals surface area contributed by atoms with Crippen LogP contribution in [0.4, 0.5) is 0 Å². The van der Waals surface area contributed by atoms with Crippen LogP contribution in [-0.4, -0.2) is 53.6 Å². The van der Waals surface area contributed by atoms with E-state index < -0.39 is 0 Å². The molecule has 0 aromatic carbocycles. The summed E-state index contributed by atoms with van der Waals surface area (Å²) in [5, 5.41) is 8.62. The first-order chi connectivity index (χ1) is 9.89. The number of rotatable bonds is 5. The number of nitrogens with zero attached hydrogens (tertiary/aromatic N) is 3. The maximum absolute atomic E-state index is 6.44. The molecule has 1 atom stereocenters. The molecule has 5 nitrogen and oxygen atoms in total.